The largest absolute Gasteiger partial charge is 0.497 e. The van der Waals surface area contributed by atoms with Crippen molar-refractivity contribution in [2.75, 3.05) is 13.7 Å². The molecule has 1 aliphatic heterocycles. The van der Waals surface area contributed by atoms with Crippen molar-refractivity contribution >= 4 is 23.4 Å². The predicted molar refractivity (Wildman–Crippen MR) is 117 cm³/mol. The van der Waals surface area contributed by atoms with Crippen molar-refractivity contribution in [3.8, 4) is 5.75 Å². The van der Waals surface area contributed by atoms with Gasteiger partial charge in [0.25, 0.3) is 5.56 Å². The Labute approximate surface area is 182 Å². The average Bonchev–Trinajstić information content (AvgIpc) is 3.30. The number of benzene rings is 1. The smallest absolute Gasteiger partial charge is 0.338 e. The zero-order valence-corrected chi connectivity index (χ0v) is 18.5. The van der Waals surface area contributed by atoms with E-state index in [4.69, 9.17) is 9.47 Å². The van der Waals surface area contributed by atoms with E-state index in [0.717, 1.165) is 11.1 Å². The van der Waals surface area contributed by atoms with Gasteiger partial charge in [0.2, 0.25) is 0 Å². The Balaban J connectivity index is 1.94. The van der Waals surface area contributed by atoms with Gasteiger partial charge in [-0.2, -0.15) is 5.10 Å². The maximum atomic E-state index is 13.4. The van der Waals surface area contributed by atoms with Crippen molar-refractivity contribution in [2.24, 2.45) is 12.0 Å². The molecule has 0 saturated carbocycles. The molecule has 3 aromatic rings. The SMILES string of the molecule is CCOC(=O)C1=C(C)N=c2s/c(=C/c3cnn(C)c3)c(=O)n2[C@H]1c1ccc(OC)cc1. The fourth-order valence-electron chi connectivity index (χ4n) is 3.56. The van der Waals surface area contributed by atoms with E-state index in [1.54, 1.807) is 54.6 Å². The third-order valence-electron chi connectivity index (χ3n) is 4.97. The summed E-state index contributed by atoms with van der Waals surface area (Å²) in [5.41, 5.74) is 2.26. The highest BCUT2D eigenvalue weighted by Crippen LogP contribution is 2.31. The Morgan fingerprint density at radius 3 is 2.65 bits per heavy atom. The van der Waals surface area contributed by atoms with E-state index < -0.39 is 12.0 Å². The van der Waals surface area contributed by atoms with Gasteiger partial charge in [-0.1, -0.05) is 23.5 Å². The molecule has 0 radical (unpaired) electrons. The van der Waals surface area contributed by atoms with Gasteiger partial charge in [-0.25, -0.2) is 9.79 Å². The van der Waals surface area contributed by atoms with Crippen LogP contribution in [-0.2, 0) is 16.6 Å². The third-order valence-corrected chi connectivity index (χ3v) is 5.95. The van der Waals surface area contributed by atoms with E-state index in [1.165, 1.54) is 11.3 Å². The normalized spacial score (nSPS) is 16.1. The quantitative estimate of drug-likeness (QED) is 0.564. The number of allylic oxidation sites excluding steroid dienone is 1. The molecule has 31 heavy (non-hydrogen) atoms. The summed E-state index contributed by atoms with van der Waals surface area (Å²) >= 11 is 1.28. The lowest BCUT2D eigenvalue weighted by atomic mass is 9.96. The van der Waals surface area contributed by atoms with Crippen molar-refractivity contribution in [1.82, 2.24) is 14.3 Å². The second-order valence-corrected chi connectivity index (χ2v) is 8.03. The number of hydrogen-bond acceptors (Lipinski definition) is 7. The molecular formula is C22H22N4O4S. The Kier molecular flexibility index (Phi) is 5.60. The van der Waals surface area contributed by atoms with Gasteiger partial charge in [-0.15, -0.1) is 0 Å². The van der Waals surface area contributed by atoms with Crippen molar-refractivity contribution in [2.45, 2.75) is 19.9 Å². The van der Waals surface area contributed by atoms with E-state index in [2.05, 4.69) is 10.1 Å². The molecule has 0 bridgehead atoms. The van der Waals surface area contributed by atoms with E-state index >= 15 is 0 Å². The second-order valence-electron chi connectivity index (χ2n) is 7.02. The van der Waals surface area contributed by atoms with Crippen LogP contribution in [0.4, 0.5) is 0 Å². The first-order valence-electron chi connectivity index (χ1n) is 9.75. The second kappa shape index (κ2) is 8.35. The number of fused-ring (bicyclic) bond motifs is 1. The molecule has 1 aromatic carbocycles. The maximum absolute atomic E-state index is 13.4. The first kappa shape index (κ1) is 20.8. The standard InChI is InChI=1S/C22H22N4O4S/c1-5-30-21(28)18-13(2)24-22-26(19(18)15-6-8-16(29-4)9-7-15)20(27)17(31-22)10-14-11-23-25(3)12-14/h6-12,19H,5H2,1-4H3/b17-10+/t19-/m0/s1. The Hall–Kier alpha value is -3.46. The van der Waals surface area contributed by atoms with Crippen molar-refractivity contribution < 1.29 is 14.3 Å². The molecule has 0 amide bonds. The number of aromatic nitrogens is 3. The van der Waals surface area contributed by atoms with Crippen LogP contribution in [0.5, 0.6) is 5.75 Å². The first-order valence-corrected chi connectivity index (χ1v) is 10.6. The molecule has 0 spiro atoms. The number of methoxy groups -OCH3 is 1. The molecule has 0 aliphatic carbocycles. The zero-order valence-electron chi connectivity index (χ0n) is 17.7. The van der Waals surface area contributed by atoms with Gasteiger partial charge in [0.1, 0.15) is 5.75 Å². The molecule has 2 aromatic heterocycles. The van der Waals surface area contributed by atoms with Crippen molar-refractivity contribution in [3.05, 3.63) is 78.7 Å². The lowest BCUT2D eigenvalue weighted by Gasteiger charge is -2.24. The van der Waals surface area contributed by atoms with Crippen LogP contribution in [0.15, 0.2) is 57.7 Å². The zero-order chi connectivity index (χ0) is 22.1. The Morgan fingerprint density at radius 2 is 2.03 bits per heavy atom. The van der Waals surface area contributed by atoms with Gasteiger partial charge in [-0.3, -0.25) is 14.0 Å². The predicted octanol–water partition coefficient (Wildman–Crippen LogP) is 1.54. The summed E-state index contributed by atoms with van der Waals surface area (Å²) in [7, 11) is 3.40. The van der Waals surface area contributed by atoms with E-state index in [0.29, 0.717) is 26.4 Å². The molecule has 9 heteroatoms. The Morgan fingerprint density at radius 1 is 1.29 bits per heavy atom. The number of rotatable bonds is 5. The lowest BCUT2D eigenvalue weighted by molar-refractivity contribution is -0.139. The minimum atomic E-state index is -0.641. The molecule has 1 aliphatic rings. The number of aryl methyl sites for hydroxylation is 1. The van der Waals surface area contributed by atoms with Crippen LogP contribution in [0.2, 0.25) is 0 Å². The van der Waals surface area contributed by atoms with Crippen LogP contribution in [-0.4, -0.2) is 34.0 Å². The molecule has 3 heterocycles. The molecule has 4 rings (SSSR count). The fourth-order valence-corrected chi connectivity index (χ4v) is 4.61. The summed E-state index contributed by atoms with van der Waals surface area (Å²) < 4.78 is 14.3. The van der Waals surface area contributed by atoms with Crippen LogP contribution < -0.4 is 19.6 Å². The number of nitrogens with zero attached hydrogens (tertiary/aromatic N) is 4. The fraction of sp³-hybridized carbons (Fsp3) is 0.273. The molecule has 0 N–H and O–H groups in total. The molecule has 0 fully saturated rings. The number of carbonyl (C=O) groups is 1. The van der Waals surface area contributed by atoms with E-state index in [1.807, 2.05) is 25.4 Å². The summed E-state index contributed by atoms with van der Waals surface area (Å²) in [6.45, 7) is 3.75. The highest BCUT2D eigenvalue weighted by Gasteiger charge is 2.33. The number of esters is 1. The monoisotopic (exact) mass is 438 g/mol. The summed E-state index contributed by atoms with van der Waals surface area (Å²) in [6, 6.07) is 6.66. The maximum Gasteiger partial charge on any atom is 0.338 e. The summed E-state index contributed by atoms with van der Waals surface area (Å²) in [5, 5.41) is 4.15. The Bertz CT molecular complexity index is 1350. The van der Waals surface area contributed by atoms with E-state index in [-0.39, 0.29) is 12.2 Å². The van der Waals surface area contributed by atoms with Gasteiger partial charge < -0.3 is 9.47 Å². The minimum Gasteiger partial charge on any atom is -0.497 e. The molecular weight excluding hydrogens is 416 g/mol. The first-order chi connectivity index (χ1) is 14.9. The van der Waals surface area contributed by atoms with Gasteiger partial charge in [0.15, 0.2) is 4.80 Å². The summed E-state index contributed by atoms with van der Waals surface area (Å²) in [5.74, 6) is 0.206. The van der Waals surface area contributed by atoms with E-state index in [9.17, 15) is 9.59 Å². The number of hydrogen-bond donors (Lipinski definition) is 0. The number of carbonyl (C=O) groups excluding carboxylic acids is 1. The summed E-state index contributed by atoms with van der Waals surface area (Å²) in [4.78, 5) is 31.4. The molecule has 0 unspecified atom stereocenters. The van der Waals surface area contributed by atoms with Gasteiger partial charge in [0, 0.05) is 18.8 Å². The van der Waals surface area contributed by atoms with Crippen molar-refractivity contribution in [1.29, 1.82) is 0 Å². The molecule has 1 atom stereocenters. The van der Waals surface area contributed by atoms with Crippen LogP contribution in [0, 0.1) is 0 Å². The van der Waals surface area contributed by atoms with Gasteiger partial charge >= 0.3 is 5.97 Å². The minimum absolute atomic E-state index is 0.220. The number of thiazole rings is 1. The van der Waals surface area contributed by atoms with Crippen LogP contribution in [0.3, 0.4) is 0 Å². The van der Waals surface area contributed by atoms with Crippen molar-refractivity contribution in [3.63, 3.8) is 0 Å². The molecule has 0 saturated heterocycles. The highest BCUT2D eigenvalue weighted by molar-refractivity contribution is 7.07. The molecule has 8 nitrogen and oxygen atoms in total. The van der Waals surface area contributed by atoms with Gasteiger partial charge in [0.05, 0.1) is 41.8 Å². The van der Waals surface area contributed by atoms with Crippen LogP contribution in [0.1, 0.15) is 31.0 Å². The van der Waals surface area contributed by atoms with Crippen LogP contribution in [0.25, 0.3) is 6.08 Å². The average molecular weight is 439 g/mol. The van der Waals surface area contributed by atoms with Crippen LogP contribution >= 0.6 is 11.3 Å². The third kappa shape index (κ3) is 3.84. The highest BCUT2D eigenvalue weighted by atomic mass is 32.1. The number of ether oxygens (including phenoxy) is 2. The molecule has 160 valence electrons. The topological polar surface area (TPSA) is 87.7 Å². The lowest BCUT2D eigenvalue weighted by Crippen LogP contribution is -2.39. The van der Waals surface area contributed by atoms with Gasteiger partial charge in [-0.05, 0) is 37.6 Å². The summed E-state index contributed by atoms with van der Waals surface area (Å²) in [6.07, 6.45) is 5.30.